The Balaban J connectivity index is 1.64. The number of hydrogen-bond acceptors (Lipinski definition) is 3. The first-order valence-corrected chi connectivity index (χ1v) is 8.28. The first kappa shape index (κ1) is 17.7. The van der Waals surface area contributed by atoms with Gasteiger partial charge in [0, 0.05) is 26.0 Å². The molecule has 0 aliphatic rings. The molecule has 0 radical (unpaired) electrons. The summed E-state index contributed by atoms with van der Waals surface area (Å²) in [6.45, 7) is 1.04. The molecule has 0 aliphatic heterocycles. The monoisotopic (exact) mass is 353 g/mol. The Morgan fingerprint density at radius 2 is 1.96 bits per heavy atom. The summed E-state index contributed by atoms with van der Waals surface area (Å²) in [7, 11) is 1.70. The van der Waals surface area contributed by atoms with Gasteiger partial charge in [0.15, 0.2) is 11.6 Å². The van der Waals surface area contributed by atoms with Crippen molar-refractivity contribution in [3.05, 3.63) is 83.7 Å². The van der Waals surface area contributed by atoms with Gasteiger partial charge in [0.1, 0.15) is 5.82 Å². The highest BCUT2D eigenvalue weighted by Gasteiger charge is 2.14. The molecule has 0 fully saturated rings. The van der Waals surface area contributed by atoms with E-state index in [1.54, 1.807) is 24.2 Å². The van der Waals surface area contributed by atoms with Crippen LogP contribution in [0.3, 0.4) is 0 Å². The second-order valence-electron chi connectivity index (χ2n) is 6.17. The van der Waals surface area contributed by atoms with Gasteiger partial charge < -0.3 is 14.6 Å². The number of phenolic OH excluding ortho intramolecular Hbond substituents is 1. The van der Waals surface area contributed by atoms with Crippen LogP contribution in [0.2, 0.25) is 0 Å². The van der Waals surface area contributed by atoms with Crippen molar-refractivity contribution < 1.29 is 14.3 Å². The van der Waals surface area contributed by atoms with E-state index in [1.807, 2.05) is 41.1 Å². The lowest BCUT2D eigenvalue weighted by molar-refractivity contribution is -0.129. The van der Waals surface area contributed by atoms with Gasteiger partial charge in [-0.25, -0.2) is 9.37 Å². The van der Waals surface area contributed by atoms with E-state index in [0.29, 0.717) is 18.7 Å². The smallest absolute Gasteiger partial charge is 0.227 e. The molecule has 5 nitrogen and oxygen atoms in total. The summed E-state index contributed by atoms with van der Waals surface area (Å²) in [6.07, 6.45) is 3.66. The number of carbonyl (C=O) groups is 1. The maximum atomic E-state index is 13.4. The van der Waals surface area contributed by atoms with Gasteiger partial charge in [-0.3, -0.25) is 4.79 Å². The van der Waals surface area contributed by atoms with Crippen LogP contribution in [0.1, 0.15) is 17.0 Å². The number of hydrogen-bond donors (Lipinski definition) is 1. The number of carbonyl (C=O) groups excluding carboxylic acids is 1. The van der Waals surface area contributed by atoms with Crippen molar-refractivity contribution >= 4 is 5.91 Å². The van der Waals surface area contributed by atoms with E-state index in [-0.39, 0.29) is 12.3 Å². The first-order chi connectivity index (χ1) is 12.5. The van der Waals surface area contributed by atoms with Gasteiger partial charge in [0.25, 0.3) is 0 Å². The fraction of sp³-hybridized carbons (Fsp3) is 0.200. The lowest BCUT2D eigenvalue weighted by Gasteiger charge is -2.18. The van der Waals surface area contributed by atoms with Crippen molar-refractivity contribution in [3.63, 3.8) is 0 Å². The number of imidazole rings is 1. The van der Waals surface area contributed by atoms with Crippen LogP contribution >= 0.6 is 0 Å². The minimum absolute atomic E-state index is 0.0626. The highest BCUT2D eigenvalue weighted by Crippen LogP contribution is 2.17. The molecule has 2 aromatic carbocycles. The normalized spacial score (nSPS) is 10.7. The van der Waals surface area contributed by atoms with Gasteiger partial charge in [-0.05, 0) is 23.3 Å². The predicted molar refractivity (Wildman–Crippen MR) is 96.0 cm³/mol. The SMILES string of the molecule is CN(Cc1nccn1Cc1ccccc1)C(=O)Cc1ccc(O)c(F)c1. The summed E-state index contributed by atoms with van der Waals surface area (Å²) in [5, 5.41) is 9.23. The Morgan fingerprint density at radius 1 is 1.19 bits per heavy atom. The van der Waals surface area contributed by atoms with E-state index < -0.39 is 11.6 Å². The third-order valence-corrected chi connectivity index (χ3v) is 4.17. The fourth-order valence-electron chi connectivity index (χ4n) is 2.69. The number of aromatic hydroxyl groups is 1. The number of nitrogens with zero attached hydrogens (tertiary/aromatic N) is 3. The van der Waals surface area contributed by atoms with Gasteiger partial charge in [-0.1, -0.05) is 36.4 Å². The molecule has 1 heterocycles. The maximum absolute atomic E-state index is 13.4. The number of likely N-dealkylation sites (N-methyl/N-ethyl adjacent to an activating group) is 1. The molecule has 0 atom stereocenters. The quantitative estimate of drug-likeness (QED) is 0.741. The summed E-state index contributed by atoms with van der Waals surface area (Å²) >= 11 is 0. The van der Waals surface area contributed by atoms with Crippen LogP contribution in [-0.2, 0) is 24.3 Å². The van der Waals surface area contributed by atoms with Crippen molar-refractivity contribution in [1.82, 2.24) is 14.5 Å². The van der Waals surface area contributed by atoms with Crippen molar-refractivity contribution in [3.8, 4) is 5.75 Å². The molecule has 0 saturated carbocycles. The van der Waals surface area contributed by atoms with E-state index in [9.17, 15) is 14.3 Å². The van der Waals surface area contributed by atoms with E-state index in [1.165, 1.54) is 12.1 Å². The van der Waals surface area contributed by atoms with Crippen LogP contribution < -0.4 is 0 Å². The molecule has 3 aromatic rings. The summed E-state index contributed by atoms with van der Waals surface area (Å²) < 4.78 is 15.4. The second-order valence-corrected chi connectivity index (χ2v) is 6.17. The van der Waals surface area contributed by atoms with Crippen LogP contribution in [0.25, 0.3) is 0 Å². The largest absolute Gasteiger partial charge is 0.505 e. The van der Waals surface area contributed by atoms with Crippen LogP contribution in [0, 0.1) is 5.82 Å². The van der Waals surface area contributed by atoms with Crippen molar-refractivity contribution in [2.24, 2.45) is 0 Å². The van der Waals surface area contributed by atoms with Crippen LogP contribution in [0.5, 0.6) is 5.75 Å². The van der Waals surface area contributed by atoms with E-state index >= 15 is 0 Å². The minimum Gasteiger partial charge on any atom is -0.505 e. The summed E-state index contributed by atoms with van der Waals surface area (Å²) in [4.78, 5) is 18.3. The molecule has 134 valence electrons. The standard InChI is InChI=1S/C20H20FN3O2/c1-23(20(26)12-16-7-8-18(25)17(21)11-16)14-19-22-9-10-24(19)13-15-5-3-2-4-6-15/h2-11,25H,12-14H2,1H3. The summed E-state index contributed by atoms with van der Waals surface area (Å²) in [5.74, 6) is -0.514. The average Bonchev–Trinajstić information content (AvgIpc) is 3.05. The number of benzene rings is 2. The fourth-order valence-corrected chi connectivity index (χ4v) is 2.69. The molecule has 0 unspecified atom stereocenters. The molecule has 0 bridgehead atoms. The zero-order valence-electron chi connectivity index (χ0n) is 14.5. The predicted octanol–water partition coefficient (Wildman–Crippen LogP) is 2.98. The Kier molecular flexibility index (Phi) is 5.31. The molecular weight excluding hydrogens is 333 g/mol. The Bertz CT molecular complexity index is 893. The van der Waals surface area contributed by atoms with Gasteiger partial charge in [-0.2, -0.15) is 0 Å². The van der Waals surface area contributed by atoms with Gasteiger partial charge in [0.05, 0.1) is 13.0 Å². The molecule has 0 aliphatic carbocycles. The molecule has 26 heavy (non-hydrogen) atoms. The van der Waals surface area contributed by atoms with Gasteiger partial charge >= 0.3 is 0 Å². The number of rotatable bonds is 6. The van der Waals surface area contributed by atoms with Crippen molar-refractivity contribution in [2.75, 3.05) is 7.05 Å². The van der Waals surface area contributed by atoms with E-state index in [2.05, 4.69) is 4.98 Å². The molecule has 6 heteroatoms. The lowest BCUT2D eigenvalue weighted by atomic mass is 10.1. The Hall–Kier alpha value is -3.15. The van der Waals surface area contributed by atoms with E-state index in [4.69, 9.17) is 0 Å². The molecule has 0 spiro atoms. The van der Waals surface area contributed by atoms with Crippen LogP contribution in [0.15, 0.2) is 60.9 Å². The summed E-state index contributed by atoms with van der Waals surface area (Å²) in [6, 6.07) is 14.0. The van der Waals surface area contributed by atoms with Crippen LogP contribution in [0.4, 0.5) is 4.39 Å². The van der Waals surface area contributed by atoms with Crippen molar-refractivity contribution in [2.45, 2.75) is 19.5 Å². The highest BCUT2D eigenvalue weighted by atomic mass is 19.1. The topological polar surface area (TPSA) is 58.4 Å². The molecule has 0 saturated heterocycles. The molecular formula is C20H20FN3O2. The third-order valence-electron chi connectivity index (χ3n) is 4.17. The molecule has 3 rings (SSSR count). The minimum atomic E-state index is -0.726. The second kappa shape index (κ2) is 7.82. The van der Waals surface area contributed by atoms with Crippen molar-refractivity contribution in [1.29, 1.82) is 0 Å². The zero-order chi connectivity index (χ0) is 18.5. The summed E-state index contributed by atoms with van der Waals surface area (Å²) in [5.41, 5.74) is 1.67. The van der Waals surface area contributed by atoms with E-state index in [0.717, 1.165) is 11.4 Å². The Morgan fingerprint density at radius 3 is 2.69 bits per heavy atom. The van der Waals surface area contributed by atoms with Gasteiger partial charge in [-0.15, -0.1) is 0 Å². The first-order valence-electron chi connectivity index (χ1n) is 8.28. The number of halogens is 1. The van der Waals surface area contributed by atoms with Crippen LogP contribution in [-0.4, -0.2) is 32.5 Å². The zero-order valence-corrected chi connectivity index (χ0v) is 14.5. The molecule has 1 amide bonds. The maximum Gasteiger partial charge on any atom is 0.227 e. The molecule has 1 aromatic heterocycles. The molecule has 1 N–H and O–H groups in total. The average molecular weight is 353 g/mol. The van der Waals surface area contributed by atoms with Gasteiger partial charge in [0.2, 0.25) is 5.91 Å². The number of aromatic nitrogens is 2. The number of phenols is 1. The third kappa shape index (κ3) is 4.27. The highest BCUT2D eigenvalue weighted by molar-refractivity contribution is 5.78. The number of amides is 1. The Labute approximate surface area is 151 Å². The lowest BCUT2D eigenvalue weighted by Crippen LogP contribution is -2.29.